The van der Waals surface area contributed by atoms with Crippen molar-refractivity contribution in [1.29, 1.82) is 0 Å². The number of esters is 1. The van der Waals surface area contributed by atoms with Crippen LogP contribution in [0.4, 0.5) is 17.2 Å². The van der Waals surface area contributed by atoms with E-state index in [0.29, 0.717) is 45.1 Å². The molecule has 0 aliphatic rings. The van der Waals surface area contributed by atoms with Crippen LogP contribution in [-0.2, 0) is 4.79 Å². The van der Waals surface area contributed by atoms with Gasteiger partial charge in [-0.05, 0) is 60.7 Å². The van der Waals surface area contributed by atoms with E-state index >= 15 is 0 Å². The summed E-state index contributed by atoms with van der Waals surface area (Å²) in [5.41, 5.74) is 4.21. The lowest BCUT2D eigenvalue weighted by molar-refractivity contribution is -0.131. The van der Waals surface area contributed by atoms with Crippen molar-refractivity contribution in [1.82, 2.24) is 24.6 Å². The molecule has 0 unspecified atom stereocenters. The predicted octanol–water partition coefficient (Wildman–Crippen LogP) is 4.36. The van der Waals surface area contributed by atoms with Gasteiger partial charge < -0.3 is 20.0 Å². The highest BCUT2D eigenvalue weighted by Gasteiger charge is 2.14. The summed E-state index contributed by atoms with van der Waals surface area (Å²) in [5.74, 6) is 0.689. The third kappa shape index (κ3) is 5.08. The molecule has 0 saturated heterocycles. The molecule has 3 heterocycles. The summed E-state index contributed by atoms with van der Waals surface area (Å²) < 4.78 is 7.12. The van der Waals surface area contributed by atoms with Crippen LogP contribution < -0.4 is 15.4 Å². The first-order chi connectivity index (χ1) is 19.4. The van der Waals surface area contributed by atoms with Gasteiger partial charge in [0.05, 0.1) is 22.8 Å². The molecule has 6 aromatic rings. The first-order valence-electron chi connectivity index (χ1n) is 12.4. The number of carbonyl (C=O) groups excluding carboxylic acids is 2. The number of anilines is 3. The van der Waals surface area contributed by atoms with Gasteiger partial charge in [0.2, 0.25) is 7.98 Å². The van der Waals surface area contributed by atoms with Crippen LogP contribution in [0, 0.1) is 0 Å². The summed E-state index contributed by atoms with van der Waals surface area (Å²) in [4.78, 5) is 37.9. The largest absolute Gasteiger partial charge is 0.427 e. The van der Waals surface area contributed by atoms with Crippen molar-refractivity contribution in [3.8, 4) is 17.1 Å². The fourth-order valence-corrected chi connectivity index (χ4v) is 4.38. The Kier molecular flexibility index (Phi) is 6.37. The number of ether oxygens (including phenoxy) is 1. The van der Waals surface area contributed by atoms with Crippen LogP contribution in [0.3, 0.4) is 0 Å². The van der Waals surface area contributed by atoms with Crippen molar-refractivity contribution >= 4 is 58.9 Å². The lowest BCUT2D eigenvalue weighted by Gasteiger charge is -2.13. The van der Waals surface area contributed by atoms with Crippen molar-refractivity contribution in [3.05, 3.63) is 97.0 Å². The van der Waals surface area contributed by atoms with E-state index in [-0.39, 0.29) is 5.91 Å². The quantitative estimate of drug-likeness (QED) is 0.186. The molecule has 0 spiro atoms. The summed E-state index contributed by atoms with van der Waals surface area (Å²) >= 11 is 0. The second-order valence-electron chi connectivity index (χ2n) is 9.11. The molecule has 40 heavy (non-hydrogen) atoms. The van der Waals surface area contributed by atoms with E-state index in [4.69, 9.17) is 14.7 Å². The number of pyridine rings is 1. The third-order valence-electron chi connectivity index (χ3n) is 6.24. The molecule has 0 bridgehead atoms. The molecule has 10 nitrogen and oxygen atoms in total. The average molecular weight is 527 g/mol. The van der Waals surface area contributed by atoms with Gasteiger partial charge >= 0.3 is 5.97 Å². The summed E-state index contributed by atoms with van der Waals surface area (Å²) in [6.45, 7) is 1.35. The minimum absolute atomic E-state index is 0.268. The van der Waals surface area contributed by atoms with Gasteiger partial charge in [0.15, 0.2) is 5.82 Å². The van der Waals surface area contributed by atoms with Crippen LogP contribution in [0.2, 0.25) is 0 Å². The van der Waals surface area contributed by atoms with Crippen molar-refractivity contribution < 1.29 is 14.3 Å². The highest BCUT2D eigenvalue weighted by molar-refractivity contribution is 6.10. The van der Waals surface area contributed by atoms with Gasteiger partial charge in [-0.1, -0.05) is 12.1 Å². The Morgan fingerprint density at radius 3 is 2.65 bits per heavy atom. The van der Waals surface area contributed by atoms with E-state index in [0.717, 1.165) is 16.6 Å². The molecule has 3 aromatic carbocycles. The lowest BCUT2D eigenvalue weighted by atomic mass is 10.1. The lowest BCUT2D eigenvalue weighted by Crippen LogP contribution is -2.12. The third-order valence-corrected chi connectivity index (χ3v) is 6.24. The Bertz CT molecular complexity index is 1910. The number of nitrogens with zero attached hydrogens (tertiary/aromatic N) is 5. The smallest absolute Gasteiger partial charge is 0.308 e. The van der Waals surface area contributed by atoms with Gasteiger partial charge in [0.1, 0.15) is 11.6 Å². The monoisotopic (exact) mass is 527 g/mol. The maximum Gasteiger partial charge on any atom is 0.308 e. The van der Waals surface area contributed by atoms with Crippen LogP contribution in [0.5, 0.6) is 5.75 Å². The van der Waals surface area contributed by atoms with E-state index in [1.165, 1.54) is 13.1 Å². The SMILES string of the molecule is Bn1ncc2cc(Nc3nc(-c4cccc(NC(=O)c5cccnc5)c4)nc4ccc(OC(C)=O)cc34)ccc21. The van der Waals surface area contributed by atoms with Crippen LogP contribution in [0.1, 0.15) is 17.3 Å². The molecule has 6 rings (SSSR count). The van der Waals surface area contributed by atoms with Crippen molar-refractivity contribution in [3.63, 3.8) is 0 Å². The van der Waals surface area contributed by atoms with Gasteiger partial charge in [0, 0.05) is 47.0 Å². The highest BCUT2D eigenvalue weighted by Crippen LogP contribution is 2.32. The fourth-order valence-electron chi connectivity index (χ4n) is 4.38. The number of aromatic nitrogens is 5. The molecule has 0 radical (unpaired) electrons. The van der Waals surface area contributed by atoms with E-state index in [1.54, 1.807) is 48.8 Å². The topological polar surface area (TPSA) is 124 Å². The minimum atomic E-state index is -0.418. The first-order valence-corrected chi connectivity index (χ1v) is 12.4. The molecule has 3 aromatic heterocycles. The van der Waals surface area contributed by atoms with Gasteiger partial charge in [-0.3, -0.25) is 14.6 Å². The Balaban J connectivity index is 1.40. The predicted molar refractivity (Wildman–Crippen MR) is 155 cm³/mol. The van der Waals surface area contributed by atoms with E-state index < -0.39 is 5.97 Å². The van der Waals surface area contributed by atoms with Crippen LogP contribution >= 0.6 is 0 Å². The second-order valence-corrected chi connectivity index (χ2v) is 9.11. The molecule has 2 N–H and O–H groups in total. The number of hydrogen-bond acceptors (Lipinski definition) is 8. The molecule has 0 aliphatic heterocycles. The molecule has 0 aliphatic carbocycles. The molecule has 194 valence electrons. The zero-order chi connectivity index (χ0) is 27.6. The zero-order valence-electron chi connectivity index (χ0n) is 21.6. The fraction of sp³-hybridized carbons (Fsp3) is 0.0345. The van der Waals surface area contributed by atoms with E-state index in [9.17, 15) is 9.59 Å². The maximum absolute atomic E-state index is 12.7. The number of rotatable bonds is 6. The zero-order valence-corrected chi connectivity index (χ0v) is 21.6. The van der Waals surface area contributed by atoms with Crippen LogP contribution in [0.15, 0.2) is 91.4 Å². The summed E-state index contributed by atoms with van der Waals surface area (Å²) in [7, 11) is 1.89. The number of hydrogen-bond donors (Lipinski definition) is 2. The second kappa shape index (κ2) is 10.3. The van der Waals surface area contributed by atoms with Gasteiger partial charge in [-0.15, -0.1) is 0 Å². The maximum atomic E-state index is 12.7. The molecule has 0 saturated carbocycles. The van der Waals surface area contributed by atoms with Crippen molar-refractivity contribution in [2.75, 3.05) is 10.6 Å². The van der Waals surface area contributed by atoms with Crippen molar-refractivity contribution in [2.45, 2.75) is 6.92 Å². The highest BCUT2D eigenvalue weighted by atomic mass is 16.5. The Morgan fingerprint density at radius 2 is 1.82 bits per heavy atom. The van der Waals surface area contributed by atoms with Gasteiger partial charge in [-0.25, -0.2) is 9.97 Å². The molecule has 0 fully saturated rings. The van der Waals surface area contributed by atoms with Crippen LogP contribution in [0.25, 0.3) is 33.2 Å². The average Bonchev–Trinajstić information content (AvgIpc) is 3.33. The Labute approximate surface area is 229 Å². The normalized spacial score (nSPS) is 10.9. The molecule has 1 amide bonds. The Morgan fingerprint density at radius 1 is 0.925 bits per heavy atom. The molecule has 0 atom stereocenters. The van der Waals surface area contributed by atoms with Gasteiger partial charge in [0.25, 0.3) is 5.91 Å². The Hall–Kier alpha value is -5.58. The number of benzene rings is 3. The number of amides is 1. The molecule has 11 heteroatoms. The number of carbonyl (C=O) groups is 2. The minimum Gasteiger partial charge on any atom is -0.427 e. The number of nitrogens with one attached hydrogen (secondary N) is 2. The van der Waals surface area contributed by atoms with Gasteiger partial charge in [-0.2, -0.15) is 5.10 Å². The summed E-state index contributed by atoms with van der Waals surface area (Å²) in [6.07, 6.45) is 4.93. The van der Waals surface area contributed by atoms with E-state index in [2.05, 4.69) is 20.7 Å². The molecular weight excluding hydrogens is 505 g/mol. The van der Waals surface area contributed by atoms with Crippen molar-refractivity contribution in [2.24, 2.45) is 0 Å². The summed E-state index contributed by atoms with van der Waals surface area (Å²) in [5, 5.41) is 12.3. The van der Waals surface area contributed by atoms with Crippen LogP contribution in [-0.4, -0.2) is 44.5 Å². The first kappa shape index (κ1) is 24.7. The standard InChI is InChI=1S/C29H22BN7O3/c1-17(38)40-23-8-9-25-24(14-23)28(33-22-7-10-26-20(13-22)16-32-37(26)30)36-27(35-25)18-4-2-6-21(12-18)34-29(39)19-5-3-11-31-15-19/h2-16H,30H2,1H3,(H,34,39)(H,33,35,36). The molecular formula is C29H22BN7O3. The van der Waals surface area contributed by atoms with E-state index in [1.807, 2.05) is 49.0 Å². The summed E-state index contributed by atoms with van der Waals surface area (Å²) in [6, 6.07) is 21.8. The number of fused-ring (bicyclic) bond motifs is 2.